The van der Waals surface area contributed by atoms with Gasteiger partial charge in [-0.1, -0.05) is 0 Å². The Balaban J connectivity index is 0.000000640. The van der Waals surface area contributed by atoms with Gasteiger partial charge in [0.1, 0.15) is 0 Å². The van der Waals surface area contributed by atoms with Gasteiger partial charge in [-0.25, -0.2) is 0 Å². The van der Waals surface area contributed by atoms with Gasteiger partial charge in [0.15, 0.2) is 0 Å². The van der Waals surface area contributed by atoms with E-state index in [1.165, 1.54) is 5.57 Å². The number of hydrogen-bond acceptors (Lipinski definition) is 1. The normalized spacial score (nSPS) is 14.8. The van der Waals surface area contributed by atoms with Crippen LogP contribution in [0.25, 0.3) is 0 Å². The van der Waals surface area contributed by atoms with Crippen LogP contribution in [-0.4, -0.2) is 6.61 Å². The molecule has 3 heteroatoms. The molecule has 0 spiro atoms. The Morgan fingerprint density at radius 3 is 2.89 bits per heavy atom. The molecule has 0 saturated heterocycles. The predicted molar refractivity (Wildman–Crippen MR) is 27.8 cm³/mol. The van der Waals surface area contributed by atoms with Crippen molar-refractivity contribution < 1.29 is 36.5 Å². The summed E-state index contributed by atoms with van der Waals surface area (Å²) in [4.78, 5) is 0. The van der Waals surface area contributed by atoms with E-state index in [0.717, 1.165) is 13.0 Å². The second-order valence-corrected chi connectivity index (χ2v) is 2.20. The summed E-state index contributed by atoms with van der Waals surface area (Å²) in [5.41, 5.74) is 1.37. The summed E-state index contributed by atoms with van der Waals surface area (Å²) in [5.74, 6) is 0. The first-order chi connectivity index (χ1) is 3.93. The van der Waals surface area contributed by atoms with Crippen LogP contribution in [0.3, 0.4) is 0 Å². The SMILES string of the molecule is [Cl-].[Ti+][O]CC1=CC=CC1. The van der Waals surface area contributed by atoms with Crippen molar-refractivity contribution in [2.75, 3.05) is 6.61 Å². The Bertz CT molecular complexity index is 131. The molecule has 0 aliphatic heterocycles. The van der Waals surface area contributed by atoms with Gasteiger partial charge in [-0.3, -0.25) is 0 Å². The zero-order chi connectivity index (χ0) is 5.82. The first kappa shape index (κ1) is 9.44. The summed E-state index contributed by atoms with van der Waals surface area (Å²) in [6.07, 6.45) is 7.38. The Morgan fingerprint density at radius 2 is 2.44 bits per heavy atom. The zero-order valence-corrected chi connectivity index (χ0v) is 7.25. The summed E-state index contributed by atoms with van der Waals surface area (Å²) < 4.78 is 4.92. The third-order valence-corrected chi connectivity index (χ3v) is 1.33. The van der Waals surface area contributed by atoms with E-state index in [0.29, 0.717) is 0 Å². The molecule has 9 heavy (non-hydrogen) atoms. The fourth-order valence-electron chi connectivity index (χ4n) is 0.691. The maximum absolute atomic E-state index is 4.92. The molecule has 0 fully saturated rings. The van der Waals surface area contributed by atoms with Gasteiger partial charge in [0, 0.05) is 0 Å². The van der Waals surface area contributed by atoms with Crippen molar-refractivity contribution in [3.8, 4) is 0 Å². The average Bonchev–Trinajstić information content (AvgIpc) is 2.19. The van der Waals surface area contributed by atoms with Crippen LogP contribution in [0.15, 0.2) is 23.8 Å². The Morgan fingerprint density at radius 1 is 1.67 bits per heavy atom. The second-order valence-electron chi connectivity index (χ2n) is 1.75. The fraction of sp³-hybridized carbons (Fsp3) is 0.333. The van der Waals surface area contributed by atoms with Gasteiger partial charge in [-0.05, 0) is 0 Å². The summed E-state index contributed by atoms with van der Waals surface area (Å²) >= 11 is 1.72. The van der Waals surface area contributed by atoms with E-state index in [-0.39, 0.29) is 12.4 Å². The van der Waals surface area contributed by atoms with E-state index in [1.807, 2.05) is 0 Å². The topological polar surface area (TPSA) is 9.23 Å². The number of rotatable bonds is 2. The molecule has 0 aromatic carbocycles. The summed E-state index contributed by atoms with van der Waals surface area (Å²) in [6, 6.07) is 0. The molecular weight excluding hydrogens is 171 g/mol. The van der Waals surface area contributed by atoms with Crippen LogP contribution in [0.1, 0.15) is 6.42 Å². The Labute approximate surface area is 73.5 Å². The fourth-order valence-corrected chi connectivity index (χ4v) is 0.981. The molecule has 0 amide bonds. The van der Waals surface area contributed by atoms with Crippen LogP contribution >= 0.6 is 0 Å². The van der Waals surface area contributed by atoms with Crippen molar-refractivity contribution in [2.45, 2.75) is 6.42 Å². The Kier molecular flexibility index (Phi) is 5.51. The molecule has 0 heterocycles. The first-order valence-electron chi connectivity index (χ1n) is 2.56. The molecule has 0 bridgehead atoms. The molecule has 1 nitrogen and oxygen atoms in total. The van der Waals surface area contributed by atoms with Crippen molar-refractivity contribution >= 4 is 0 Å². The number of allylic oxidation sites excluding steroid dienone is 3. The maximum atomic E-state index is 4.92. The standard InChI is InChI=1S/C6H7O.ClH.Ti/c7-5-6-3-1-2-4-6;;/h1-3H,4-5H2;1H;/q-1;;+2/p-1. The molecule has 0 atom stereocenters. The molecule has 1 aliphatic rings. The van der Waals surface area contributed by atoms with Gasteiger partial charge in [0.25, 0.3) is 0 Å². The Hall–Kier alpha value is 0.444. The molecule has 1 aliphatic carbocycles. The number of halogens is 1. The molecule has 0 saturated carbocycles. The molecule has 1 rings (SSSR count). The van der Waals surface area contributed by atoms with Gasteiger partial charge in [0.05, 0.1) is 0 Å². The molecular formula is C6H7ClOTi. The van der Waals surface area contributed by atoms with E-state index in [4.69, 9.17) is 3.32 Å². The van der Waals surface area contributed by atoms with Crippen LogP contribution in [0, 0.1) is 0 Å². The van der Waals surface area contributed by atoms with Gasteiger partial charge in [-0.2, -0.15) is 0 Å². The van der Waals surface area contributed by atoms with Gasteiger partial charge in [0.2, 0.25) is 0 Å². The van der Waals surface area contributed by atoms with Crippen LogP contribution in [0.4, 0.5) is 0 Å². The molecule has 0 aromatic heterocycles. The van der Waals surface area contributed by atoms with Gasteiger partial charge < -0.3 is 12.4 Å². The molecule has 0 unspecified atom stereocenters. The van der Waals surface area contributed by atoms with Crippen LogP contribution in [0.5, 0.6) is 0 Å². The minimum absolute atomic E-state index is 0. The molecule has 0 aromatic rings. The monoisotopic (exact) mass is 178 g/mol. The van der Waals surface area contributed by atoms with Crippen LogP contribution in [0.2, 0.25) is 0 Å². The van der Waals surface area contributed by atoms with Crippen LogP contribution < -0.4 is 12.4 Å². The van der Waals surface area contributed by atoms with Gasteiger partial charge >= 0.3 is 61.0 Å². The van der Waals surface area contributed by atoms with Crippen molar-refractivity contribution in [1.29, 1.82) is 0 Å². The number of hydrogen-bond donors (Lipinski definition) is 0. The summed E-state index contributed by atoms with van der Waals surface area (Å²) in [5, 5.41) is 0. The molecule has 0 radical (unpaired) electrons. The molecule has 0 N–H and O–H groups in total. The zero-order valence-electron chi connectivity index (χ0n) is 4.93. The van der Waals surface area contributed by atoms with Crippen molar-refractivity contribution in [2.24, 2.45) is 0 Å². The van der Waals surface area contributed by atoms with E-state index < -0.39 is 0 Å². The first-order valence-corrected chi connectivity index (χ1v) is 3.20. The van der Waals surface area contributed by atoms with Crippen molar-refractivity contribution in [3.05, 3.63) is 23.8 Å². The quantitative estimate of drug-likeness (QED) is 0.461. The summed E-state index contributed by atoms with van der Waals surface area (Å²) in [6.45, 7) is 0.785. The van der Waals surface area contributed by atoms with E-state index in [2.05, 4.69) is 18.2 Å². The predicted octanol–water partition coefficient (Wildman–Crippen LogP) is -1.64. The van der Waals surface area contributed by atoms with E-state index in [9.17, 15) is 0 Å². The van der Waals surface area contributed by atoms with Crippen molar-refractivity contribution in [3.63, 3.8) is 0 Å². The molecule has 48 valence electrons. The third kappa shape index (κ3) is 3.21. The third-order valence-electron chi connectivity index (χ3n) is 1.11. The van der Waals surface area contributed by atoms with E-state index >= 15 is 0 Å². The van der Waals surface area contributed by atoms with Crippen molar-refractivity contribution in [1.82, 2.24) is 0 Å². The summed E-state index contributed by atoms with van der Waals surface area (Å²) in [7, 11) is 0. The van der Waals surface area contributed by atoms with E-state index in [1.54, 1.807) is 20.8 Å². The second kappa shape index (κ2) is 5.25. The minimum atomic E-state index is 0. The van der Waals surface area contributed by atoms with Crippen LogP contribution in [-0.2, 0) is 24.1 Å². The average molecular weight is 178 g/mol. The van der Waals surface area contributed by atoms with Gasteiger partial charge in [-0.15, -0.1) is 0 Å².